The van der Waals surface area contributed by atoms with E-state index in [1.165, 1.54) is 11.3 Å². The topological polar surface area (TPSA) is 67.3 Å². The molecule has 4 rings (SSSR count). The zero-order chi connectivity index (χ0) is 20.4. The molecule has 1 unspecified atom stereocenters. The quantitative estimate of drug-likeness (QED) is 0.595. The van der Waals surface area contributed by atoms with Crippen molar-refractivity contribution in [1.29, 1.82) is 0 Å². The molecule has 1 amide bonds. The Morgan fingerprint density at radius 3 is 2.55 bits per heavy atom. The Kier molecular flexibility index (Phi) is 5.72. The minimum Gasteiger partial charge on any atom is -0.336 e. The lowest BCUT2D eigenvalue weighted by molar-refractivity contribution is 0.0766. The molecular formula is C21H19ClN2O3S2. The second kappa shape index (κ2) is 8.26. The van der Waals surface area contributed by atoms with Crippen LogP contribution in [0.5, 0.6) is 0 Å². The van der Waals surface area contributed by atoms with Crippen molar-refractivity contribution in [3.8, 4) is 11.3 Å². The molecule has 1 atom stereocenters. The Labute approximate surface area is 178 Å². The van der Waals surface area contributed by atoms with Gasteiger partial charge in [-0.2, -0.15) is 0 Å². The van der Waals surface area contributed by atoms with Crippen molar-refractivity contribution in [1.82, 2.24) is 9.88 Å². The normalized spacial score (nSPS) is 18.9. The van der Waals surface area contributed by atoms with Crippen LogP contribution < -0.4 is 0 Å². The second-order valence-electron chi connectivity index (χ2n) is 6.86. The summed E-state index contributed by atoms with van der Waals surface area (Å²) in [5.74, 6) is -0.321. The zero-order valence-electron chi connectivity index (χ0n) is 15.5. The van der Waals surface area contributed by atoms with Crippen LogP contribution >= 0.6 is 22.9 Å². The van der Waals surface area contributed by atoms with E-state index in [4.69, 9.17) is 11.6 Å². The summed E-state index contributed by atoms with van der Waals surface area (Å²) in [5.41, 5.74) is 2.29. The van der Waals surface area contributed by atoms with Crippen molar-refractivity contribution in [2.45, 2.75) is 11.7 Å². The number of aromatic nitrogens is 1. The molecule has 1 aliphatic heterocycles. The summed E-state index contributed by atoms with van der Waals surface area (Å²) < 4.78 is 25.7. The maximum atomic E-state index is 13.0. The highest BCUT2D eigenvalue weighted by Crippen LogP contribution is 2.34. The largest absolute Gasteiger partial charge is 0.336 e. The average Bonchev–Trinajstić information content (AvgIpc) is 3.16. The number of hydrogen-bond acceptors (Lipinski definition) is 5. The molecule has 2 aromatic carbocycles. The molecule has 0 N–H and O–H groups in total. The third-order valence-corrected chi connectivity index (χ3v) is 8.32. The number of amides is 1. The van der Waals surface area contributed by atoms with Crippen LogP contribution in [0.2, 0.25) is 5.02 Å². The van der Waals surface area contributed by atoms with Crippen molar-refractivity contribution in [3.63, 3.8) is 0 Å². The van der Waals surface area contributed by atoms with E-state index < -0.39 is 15.1 Å². The summed E-state index contributed by atoms with van der Waals surface area (Å²) in [6.07, 6.45) is 0.314. The number of nitrogens with zero attached hydrogens (tertiary/aromatic N) is 2. The van der Waals surface area contributed by atoms with E-state index >= 15 is 0 Å². The van der Waals surface area contributed by atoms with Crippen LogP contribution in [-0.2, 0) is 9.84 Å². The first kappa shape index (κ1) is 20.1. The number of rotatable bonds is 3. The van der Waals surface area contributed by atoms with E-state index in [0.717, 1.165) is 11.3 Å². The lowest BCUT2D eigenvalue weighted by Crippen LogP contribution is -2.33. The van der Waals surface area contributed by atoms with Crippen LogP contribution in [-0.4, -0.2) is 43.1 Å². The fourth-order valence-electron chi connectivity index (χ4n) is 3.48. The molecule has 1 saturated heterocycles. The van der Waals surface area contributed by atoms with Crippen LogP contribution in [0.4, 0.5) is 0 Å². The SMILES string of the molecule is O=C(c1nc(-c2ccccc2)cs1)N1CCC(c2ccccc2Cl)S(=O)(=O)CC1. The van der Waals surface area contributed by atoms with Gasteiger partial charge in [0.2, 0.25) is 0 Å². The fourth-order valence-corrected chi connectivity index (χ4v) is 6.42. The smallest absolute Gasteiger partial charge is 0.282 e. The minimum atomic E-state index is -3.42. The third-order valence-electron chi connectivity index (χ3n) is 5.04. The Bertz CT molecular complexity index is 1130. The fraction of sp³-hybridized carbons (Fsp3) is 0.238. The van der Waals surface area contributed by atoms with Gasteiger partial charge in [-0.05, 0) is 18.1 Å². The molecule has 1 aliphatic rings. The van der Waals surface area contributed by atoms with Gasteiger partial charge in [0.25, 0.3) is 5.91 Å². The average molecular weight is 447 g/mol. The van der Waals surface area contributed by atoms with Crippen molar-refractivity contribution in [3.05, 3.63) is 75.6 Å². The first-order valence-corrected chi connectivity index (χ1v) is 12.2. The number of thiazole rings is 1. The molecule has 0 bridgehead atoms. The molecule has 0 saturated carbocycles. The molecule has 0 radical (unpaired) electrons. The van der Waals surface area contributed by atoms with Gasteiger partial charge in [-0.25, -0.2) is 13.4 Å². The molecule has 3 aromatic rings. The minimum absolute atomic E-state index is 0.0917. The van der Waals surface area contributed by atoms with Crippen molar-refractivity contribution >= 4 is 38.7 Å². The first-order chi connectivity index (χ1) is 14.0. The van der Waals surface area contributed by atoms with Crippen LogP contribution in [0, 0.1) is 0 Å². The summed E-state index contributed by atoms with van der Waals surface area (Å²) in [6.45, 7) is 0.497. The maximum Gasteiger partial charge on any atom is 0.282 e. The van der Waals surface area contributed by atoms with Gasteiger partial charge in [-0.3, -0.25) is 4.79 Å². The van der Waals surface area contributed by atoms with Gasteiger partial charge in [-0.15, -0.1) is 11.3 Å². The van der Waals surface area contributed by atoms with E-state index in [1.54, 1.807) is 29.2 Å². The van der Waals surface area contributed by atoms with Gasteiger partial charge in [0.15, 0.2) is 14.8 Å². The highest BCUT2D eigenvalue weighted by Gasteiger charge is 2.34. The molecule has 29 heavy (non-hydrogen) atoms. The Hall–Kier alpha value is -2.22. The number of carbonyl (C=O) groups is 1. The third kappa shape index (κ3) is 4.22. The number of benzene rings is 2. The predicted octanol–water partition coefficient (Wildman–Crippen LogP) is 4.47. The number of halogens is 1. The Morgan fingerprint density at radius 2 is 1.79 bits per heavy atom. The lowest BCUT2D eigenvalue weighted by atomic mass is 10.1. The summed E-state index contributed by atoms with van der Waals surface area (Å²) in [5, 5.41) is 1.96. The number of carbonyl (C=O) groups excluding carboxylic acids is 1. The second-order valence-corrected chi connectivity index (χ2v) is 10.4. The highest BCUT2D eigenvalue weighted by molar-refractivity contribution is 7.91. The van der Waals surface area contributed by atoms with Gasteiger partial charge in [0, 0.05) is 29.1 Å². The molecule has 1 aromatic heterocycles. The molecule has 1 fully saturated rings. The lowest BCUT2D eigenvalue weighted by Gasteiger charge is -2.19. The van der Waals surface area contributed by atoms with Crippen molar-refractivity contribution in [2.24, 2.45) is 0 Å². The van der Waals surface area contributed by atoms with Crippen LogP contribution in [0.1, 0.15) is 27.0 Å². The molecular weight excluding hydrogens is 428 g/mol. The van der Waals surface area contributed by atoms with Crippen molar-refractivity contribution in [2.75, 3.05) is 18.8 Å². The van der Waals surface area contributed by atoms with Gasteiger partial charge in [0.05, 0.1) is 16.7 Å². The van der Waals surface area contributed by atoms with Gasteiger partial charge in [0.1, 0.15) is 0 Å². The van der Waals surface area contributed by atoms with E-state index in [9.17, 15) is 13.2 Å². The monoisotopic (exact) mass is 446 g/mol. The first-order valence-electron chi connectivity index (χ1n) is 9.22. The summed E-state index contributed by atoms with van der Waals surface area (Å²) in [7, 11) is -3.42. The molecule has 5 nitrogen and oxygen atoms in total. The summed E-state index contributed by atoms with van der Waals surface area (Å²) in [4.78, 5) is 19.0. The Balaban J connectivity index is 1.55. The van der Waals surface area contributed by atoms with Gasteiger partial charge >= 0.3 is 0 Å². The van der Waals surface area contributed by atoms with Crippen molar-refractivity contribution < 1.29 is 13.2 Å². The predicted molar refractivity (Wildman–Crippen MR) is 116 cm³/mol. The molecule has 0 spiro atoms. The molecule has 8 heteroatoms. The molecule has 0 aliphatic carbocycles. The van der Waals surface area contributed by atoms with E-state index in [0.29, 0.717) is 28.6 Å². The molecule has 2 heterocycles. The van der Waals surface area contributed by atoms with Gasteiger partial charge in [-0.1, -0.05) is 60.1 Å². The highest BCUT2D eigenvalue weighted by atomic mass is 35.5. The standard InChI is InChI=1S/C21H19ClN2O3S2/c22-17-9-5-4-8-16(17)19-10-11-24(12-13-29(19,26)27)21(25)20-23-18(14-28-20)15-6-2-1-3-7-15/h1-9,14,19H,10-13H2. The Morgan fingerprint density at radius 1 is 1.07 bits per heavy atom. The number of hydrogen-bond donors (Lipinski definition) is 0. The van der Waals surface area contributed by atoms with E-state index in [2.05, 4.69) is 4.98 Å². The number of sulfone groups is 1. The molecule has 150 valence electrons. The summed E-state index contributed by atoms with van der Waals surface area (Å²) >= 11 is 7.52. The zero-order valence-corrected chi connectivity index (χ0v) is 17.9. The van der Waals surface area contributed by atoms with Gasteiger partial charge < -0.3 is 4.90 Å². The maximum absolute atomic E-state index is 13.0. The van der Waals surface area contributed by atoms with Crippen LogP contribution in [0.3, 0.4) is 0 Å². The van der Waals surface area contributed by atoms with E-state index in [-0.39, 0.29) is 18.2 Å². The van der Waals surface area contributed by atoms with Crippen LogP contribution in [0.15, 0.2) is 60.0 Å². The van der Waals surface area contributed by atoms with E-state index in [1.807, 2.05) is 35.7 Å². The summed E-state index contributed by atoms with van der Waals surface area (Å²) in [6, 6.07) is 16.6. The van der Waals surface area contributed by atoms with Crippen LogP contribution in [0.25, 0.3) is 11.3 Å².